The molecule has 10 rings (SSSR count). The minimum atomic E-state index is 1.04. The molecule has 0 amide bonds. The summed E-state index contributed by atoms with van der Waals surface area (Å²) in [6.07, 6.45) is 7.49. The van der Waals surface area contributed by atoms with E-state index in [2.05, 4.69) is 215 Å². The normalized spacial score (nSPS) is 11.1. The molecule has 0 aliphatic carbocycles. The lowest BCUT2D eigenvalue weighted by atomic mass is 9.74. The number of nitrogens with zero attached hydrogens (tertiary/aromatic N) is 3. The van der Waals surface area contributed by atoms with E-state index in [1.807, 2.05) is 36.9 Å². The van der Waals surface area contributed by atoms with Crippen LogP contribution in [0.4, 0.5) is 0 Å². The predicted octanol–water partition coefficient (Wildman–Crippen LogP) is 14.6. The van der Waals surface area contributed by atoms with Crippen molar-refractivity contribution >= 4 is 0 Å². The van der Waals surface area contributed by atoms with Gasteiger partial charge < -0.3 is 4.57 Å². The van der Waals surface area contributed by atoms with Gasteiger partial charge in [0.15, 0.2) is 0 Å². The van der Waals surface area contributed by atoms with E-state index in [1.54, 1.807) is 0 Å². The summed E-state index contributed by atoms with van der Waals surface area (Å²) in [7, 11) is 0. The van der Waals surface area contributed by atoms with Gasteiger partial charge >= 0.3 is 0 Å². The Morgan fingerprint density at radius 3 is 0.780 bits per heavy atom. The molecular weight excluding hydrogens is 715 g/mol. The number of hydrogen-bond acceptors (Lipinski definition) is 2. The molecule has 0 spiro atoms. The van der Waals surface area contributed by atoms with Crippen molar-refractivity contribution in [3.63, 3.8) is 0 Å². The average molecular weight is 754 g/mol. The topological polar surface area (TPSA) is 30.7 Å². The highest BCUT2D eigenvalue weighted by molar-refractivity contribution is 6.15. The van der Waals surface area contributed by atoms with Crippen LogP contribution in [0.5, 0.6) is 0 Å². The van der Waals surface area contributed by atoms with E-state index in [0.29, 0.717) is 0 Å². The molecule has 3 heterocycles. The quantitative estimate of drug-likeness (QED) is 0.147. The highest BCUT2D eigenvalue weighted by Gasteiger charge is 2.29. The smallest absolute Gasteiger partial charge is 0.0550 e. The standard InChI is InChI=1S/C56H39N3/c1-6-18-40(19-7-1)51-52(41-20-8-2-9-21-41)54(43-24-12-4-13-25-43)56(55(44-26-14-5-15-27-44)53(51)42-22-10-3-11-23-42)45-30-32-48(33-31-45)59-49(46-28-16-36-57-38-46)34-35-50(59)47-29-17-37-58-39-47/h1-39H. The fraction of sp³-hybridized carbons (Fsp3) is 0. The molecule has 0 aliphatic rings. The molecule has 3 aromatic heterocycles. The van der Waals surface area contributed by atoms with Crippen LogP contribution in [-0.4, -0.2) is 14.5 Å². The summed E-state index contributed by atoms with van der Waals surface area (Å²) >= 11 is 0. The van der Waals surface area contributed by atoms with E-state index in [9.17, 15) is 0 Å². The van der Waals surface area contributed by atoms with Crippen LogP contribution in [0.3, 0.4) is 0 Å². The molecule has 7 aromatic carbocycles. The van der Waals surface area contributed by atoms with Crippen molar-refractivity contribution in [3.8, 4) is 95.0 Å². The highest BCUT2D eigenvalue weighted by Crippen LogP contribution is 2.55. The lowest BCUT2D eigenvalue weighted by molar-refractivity contribution is 1.09. The third kappa shape index (κ3) is 6.75. The van der Waals surface area contributed by atoms with Crippen LogP contribution < -0.4 is 0 Å². The van der Waals surface area contributed by atoms with Gasteiger partial charge in [0.25, 0.3) is 0 Å². The fourth-order valence-electron chi connectivity index (χ4n) is 8.48. The van der Waals surface area contributed by atoms with Gasteiger partial charge in [-0.15, -0.1) is 0 Å². The molecule has 59 heavy (non-hydrogen) atoms. The molecule has 0 unspecified atom stereocenters. The number of rotatable bonds is 9. The molecule has 0 aliphatic heterocycles. The molecule has 0 fully saturated rings. The molecule has 0 bridgehead atoms. The minimum absolute atomic E-state index is 1.04. The summed E-state index contributed by atoms with van der Waals surface area (Å²) in [6, 6.07) is 76.2. The lowest BCUT2D eigenvalue weighted by Crippen LogP contribution is -2.03. The van der Waals surface area contributed by atoms with Gasteiger partial charge in [-0.25, -0.2) is 0 Å². The maximum atomic E-state index is 4.48. The predicted molar refractivity (Wildman–Crippen MR) is 245 cm³/mol. The van der Waals surface area contributed by atoms with Crippen LogP contribution >= 0.6 is 0 Å². The van der Waals surface area contributed by atoms with Crippen LogP contribution in [0.1, 0.15) is 0 Å². The summed E-state index contributed by atoms with van der Waals surface area (Å²) in [5.74, 6) is 0. The summed E-state index contributed by atoms with van der Waals surface area (Å²) < 4.78 is 2.32. The van der Waals surface area contributed by atoms with Gasteiger partial charge in [-0.05, 0) is 115 Å². The van der Waals surface area contributed by atoms with Gasteiger partial charge in [0.05, 0.1) is 11.4 Å². The Morgan fingerprint density at radius 1 is 0.237 bits per heavy atom. The van der Waals surface area contributed by atoms with Crippen LogP contribution in [0.2, 0.25) is 0 Å². The summed E-state index contributed by atoms with van der Waals surface area (Å²) in [4.78, 5) is 8.96. The van der Waals surface area contributed by atoms with Gasteiger partial charge in [0, 0.05) is 41.6 Å². The van der Waals surface area contributed by atoms with E-state index in [-0.39, 0.29) is 0 Å². The zero-order chi connectivity index (χ0) is 39.4. The average Bonchev–Trinajstić information content (AvgIpc) is 3.78. The maximum Gasteiger partial charge on any atom is 0.0550 e. The Morgan fingerprint density at radius 2 is 0.508 bits per heavy atom. The molecule has 3 heteroatoms. The Balaban J connectivity index is 1.34. The summed E-state index contributed by atoms with van der Waals surface area (Å²) in [5.41, 5.74) is 19.3. The first kappa shape index (κ1) is 35.5. The van der Waals surface area contributed by atoms with Crippen molar-refractivity contribution in [2.24, 2.45) is 0 Å². The fourth-order valence-corrected chi connectivity index (χ4v) is 8.48. The molecule has 3 nitrogen and oxygen atoms in total. The van der Waals surface area contributed by atoms with Crippen LogP contribution in [-0.2, 0) is 0 Å². The second-order valence-electron chi connectivity index (χ2n) is 14.5. The summed E-state index contributed by atoms with van der Waals surface area (Å²) in [6.45, 7) is 0. The number of benzene rings is 7. The number of aromatic nitrogens is 3. The zero-order valence-electron chi connectivity index (χ0n) is 32.4. The first-order valence-electron chi connectivity index (χ1n) is 20.0. The van der Waals surface area contributed by atoms with Crippen LogP contribution in [0.25, 0.3) is 95.0 Å². The van der Waals surface area contributed by atoms with Crippen molar-refractivity contribution in [1.29, 1.82) is 0 Å². The Bertz CT molecular complexity index is 2800. The van der Waals surface area contributed by atoms with Gasteiger partial charge in [-0.2, -0.15) is 0 Å². The molecule has 0 saturated heterocycles. The Labute approximate surface area is 345 Å². The number of pyridine rings is 2. The molecule has 0 atom stereocenters. The van der Waals surface area contributed by atoms with Gasteiger partial charge in [0.1, 0.15) is 0 Å². The monoisotopic (exact) mass is 753 g/mol. The van der Waals surface area contributed by atoms with Crippen molar-refractivity contribution in [3.05, 3.63) is 237 Å². The minimum Gasteiger partial charge on any atom is -0.309 e. The van der Waals surface area contributed by atoms with E-state index in [1.165, 1.54) is 38.9 Å². The molecule has 0 radical (unpaired) electrons. The zero-order valence-corrected chi connectivity index (χ0v) is 32.4. The second kappa shape index (κ2) is 15.9. The first-order valence-corrected chi connectivity index (χ1v) is 20.0. The molecule has 0 saturated carbocycles. The maximum absolute atomic E-state index is 4.48. The van der Waals surface area contributed by atoms with E-state index < -0.39 is 0 Å². The van der Waals surface area contributed by atoms with Gasteiger partial charge in [-0.1, -0.05) is 164 Å². The molecular formula is C56H39N3. The molecule has 10 aromatic rings. The largest absolute Gasteiger partial charge is 0.309 e. The van der Waals surface area contributed by atoms with Crippen molar-refractivity contribution < 1.29 is 0 Å². The highest BCUT2D eigenvalue weighted by atomic mass is 15.0. The van der Waals surface area contributed by atoms with Crippen molar-refractivity contribution in [2.45, 2.75) is 0 Å². The third-order valence-electron chi connectivity index (χ3n) is 11.0. The third-order valence-corrected chi connectivity index (χ3v) is 11.0. The van der Waals surface area contributed by atoms with Gasteiger partial charge in [-0.3, -0.25) is 9.97 Å². The molecule has 0 N–H and O–H groups in total. The molecule has 278 valence electrons. The van der Waals surface area contributed by atoms with Gasteiger partial charge in [0.2, 0.25) is 0 Å². The summed E-state index contributed by atoms with van der Waals surface area (Å²) in [5, 5.41) is 0. The van der Waals surface area contributed by atoms with Crippen molar-refractivity contribution in [1.82, 2.24) is 14.5 Å². The Kier molecular flexibility index (Phi) is 9.59. The van der Waals surface area contributed by atoms with E-state index in [4.69, 9.17) is 0 Å². The first-order chi connectivity index (χ1) is 29.3. The second-order valence-corrected chi connectivity index (χ2v) is 14.5. The Hall–Kier alpha value is -7.88. The number of hydrogen-bond donors (Lipinski definition) is 0. The van der Waals surface area contributed by atoms with E-state index >= 15 is 0 Å². The lowest BCUT2D eigenvalue weighted by Gasteiger charge is -2.29. The van der Waals surface area contributed by atoms with Crippen LogP contribution in [0, 0.1) is 0 Å². The van der Waals surface area contributed by atoms with E-state index in [0.717, 1.165) is 56.0 Å². The van der Waals surface area contributed by atoms with Crippen molar-refractivity contribution in [2.75, 3.05) is 0 Å². The SMILES string of the molecule is c1ccc(-c2c(-c3ccccc3)c(-c3ccccc3)c(-c3ccc(-n4c(-c5cccnc5)ccc4-c4cccnc4)cc3)c(-c3ccccc3)c2-c2ccccc2)cc1. The van der Waals surface area contributed by atoms with Crippen LogP contribution in [0.15, 0.2) is 237 Å².